The number of rotatable bonds is 7. The third-order valence-electron chi connectivity index (χ3n) is 5.18. The topological polar surface area (TPSA) is 45.2 Å². The van der Waals surface area contributed by atoms with E-state index in [-0.39, 0.29) is 5.91 Å². The van der Waals surface area contributed by atoms with Crippen LogP contribution in [0.25, 0.3) is 21.0 Å². The van der Waals surface area contributed by atoms with E-state index in [1.807, 2.05) is 30.3 Å². The Hall–Kier alpha value is -2.63. The van der Waals surface area contributed by atoms with Crippen molar-refractivity contribution in [3.63, 3.8) is 0 Å². The Morgan fingerprint density at radius 2 is 1.97 bits per heavy atom. The van der Waals surface area contributed by atoms with Crippen molar-refractivity contribution in [3.05, 3.63) is 70.2 Å². The lowest BCUT2D eigenvalue weighted by Gasteiger charge is -2.23. The zero-order valence-electron chi connectivity index (χ0n) is 17.1. The lowest BCUT2D eigenvalue weighted by atomic mass is 10.2. The molecule has 2 aromatic carbocycles. The van der Waals surface area contributed by atoms with E-state index in [0.29, 0.717) is 16.6 Å². The molecular weight excluding hydrogens is 414 g/mol. The van der Waals surface area contributed by atoms with Gasteiger partial charge in [-0.15, -0.1) is 11.3 Å². The van der Waals surface area contributed by atoms with E-state index in [1.54, 1.807) is 0 Å². The number of fused-ring (bicyclic) bond motifs is 3. The molecule has 6 heteroatoms. The van der Waals surface area contributed by atoms with Gasteiger partial charge in [-0.25, -0.2) is 4.98 Å². The molecule has 0 atom stereocenters. The summed E-state index contributed by atoms with van der Waals surface area (Å²) in [5.41, 5.74) is 3.33. The van der Waals surface area contributed by atoms with Gasteiger partial charge in [-0.05, 0) is 50.1 Å². The Morgan fingerprint density at radius 3 is 2.77 bits per heavy atom. The van der Waals surface area contributed by atoms with Crippen molar-refractivity contribution in [2.24, 2.45) is 0 Å². The summed E-state index contributed by atoms with van der Waals surface area (Å²) in [5, 5.41) is 5.35. The molecule has 0 aliphatic rings. The second kappa shape index (κ2) is 9.02. The SMILES string of the molecule is CCN(CCCNC(=O)c1cc2c(Cl)nc3ccccc3c2s1)c1cccc(C)c1. The van der Waals surface area contributed by atoms with E-state index in [9.17, 15) is 4.79 Å². The number of carbonyl (C=O) groups excluding carboxylic acids is 1. The van der Waals surface area contributed by atoms with Crippen LogP contribution >= 0.6 is 22.9 Å². The number of carbonyl (C=O) groups is 1. The Balaban J connectivity index is 1.41. The van der Waals surface area contributed by atoms with Gasteiger partial charge in [0.2, 0.25) is 0 Å². The fourth-order valence-corrected chi connectivity index (χ4v) is 5.04. The zero-order chi connectivity index (χ0) is 21.1. The van der Waals surface area contributed by atoms with Crippen molar-refractivity contribution < 1.29 is 4.79 Å². The highest BCUT2D eigenvalue weighted by atomic mass is 35.5. The quantitative estimate of drug-likeness (QED) is 0.282. The molecule has 0 aliphatic carbocycles. The lowest BCUT2D eigenvalue weighted by Crippen LogP contribution is -2.29. The maximum atomic E-state index is 12.7. The summed E-state index contributed by atoms with van der Waals surface area (Å²) in [6.07, 6.45) is 0.879. The van der Waals surface area contributed by atoms with Gasteiger partial charge in [0.15, 0.2) is 0 Å². The van der Waals surface area contributed by atoms with Crippen LogP contribution in [0.3, 0.4) is 0 Å². The van der Waals surface area contributed by atoms with Crippen LogP contribution in [0.1, 0.15) is 28.6 Å². The number of aryl methyl sites for hydroxylation is 1. The van der Waals surface area contributed by atoms with Crippen LogP contribution in [0.5, 0.6) is 0 Å². The van der Waals surface area contributed by atoms with E-state index in [4.69, 9.17) is 11.6 Å². The van der Waals surface area contributed by atoms with Gasteiger partial charge < -0.3 is 10.2 Å². The third-order valence-corrected chi connectivity index (χ3v) is 6.64. The van der Waals surface area contributed by atoms with E-state index >= 15 is 0 Å². The summed E-state index contributed by atoms with van der Waals surface area (Å²) in [7, 11) is 0. The second-order valence-corrected chi connectivity index (χ2v) is 8.71. The van der Waals surface area contributed by atoms with Gasteiger partial charge >= 0.3 is 0 Å². The summed E-state index contributed by atoms with van der Waals surface area (Å²) in [6, 6.07) is 18.2. The van der Waals surface area contributed by atoms with Crippen LogP contribution in [0, 0.1) is 6.92 Å². The van der Waals surface area contributed by atoms with E-state index in [0.717, 1.165) is 40.5 Å². The standard InChI is InChI=1S/C24H24ClN3OS/c1-3-28(17-9-6-8-16(2)14-17)13-7-12-26-24(29)21-15-19-22(30-21)18-10-4-5-11-20(18)27-23(19)25/h4-6,8-11,14-15H,3,7,12-13H2,1-2H3,(H,26,29). The number of benzene rings is 2. The Kier molecular flexibility index (Phi) is 6.21. The number of amides is 1. The van der Waals surface area contributed by atoms with Gasteiger partial charge in [-0.3, -0.25) is 4.79 Å². The molecule has 0 spiro atoms. The van der Waals surface area contributed by atoms with E-state index in [1.165, 1.54) is 22.6 Å². The minimum absolute atomic E-state index is 0.0602. The number of nitrogens with one attached hydrogen (secondary N) is 1. The van der Waals surface area contributed by atoms with Crippen molar-refractivity contribution >= 4 is 55.5 Å². The van der Waals surface area contributed by atoms with E-state index < -0.39 is 0 Å². The van der Waals surface area contributed by atoms with Gasteiger partial charge in [-0.2, -0.15) is 0 Å². The van der Waals surface area contributed by atoms with Gasteiger partial charge in [0.05, 0.1) is 10.4 Å². The van der Waals surface area contributed by atoms with Crippen LogP contribution in [0.4, 0.5) is 5.69 Å². The molecule has 0 radical (unpaired) electrons. The summed E-state index contributed by atoms with van der Waals surface area (Å²) >= 11 is 7.83. The smallest absolute Gasteiger partial charge is 0.261 e. The molecule has 154 valence electrons. The summed E-state index contributed by atoms with van der Waals surface area (Å²) < 4.78 is 1.01. The predicted molar refractivity (Wildman–Crippen MR) is 128 cm³/mol. The number of hydrogen-bond acceptors (Lipinski definition) is 4. The van der Waals surface area contributed by atoms with Crippen LogP contribution in [0.2, 0.25) is 5.15 Å². The maximum absolute atomic E-state index is 12.7. The first-order valence-corrected chi connectivity index (χ1v) is 11.3. The maximum Gasteiger partial charge on any atom is 0.261 e. The van der Waals surface area contributed by atoms with Crippen molar-refractivity contribution in [1.82, 2.24) is 10.3 Å². The molecule has 0 bridgehead atoms. The monoisotopic (exact) mass is 437 g/mol. The molecule has 4 nitrogen and oxygen atoms in total. The molecule has 1 N–H and O–H groups in total. The lowest BCUT2D eigenvalue weighted by molar-refractivity contribution is 0.0957. The molecular formula is C24H24ClN3OS. The molecule has 0 saturated heterocycles. The first kappa shape index (κ1) is 20.6. The predicted octanol–water partition coefficient (Wildman–Crippen LogP) is 6.06. The molecule has 2 aromatic heterocycles. The number of hydrogen-bond donors (Lipinski definition) is 1. The highest BCUT2D eigenvalue weighted by molar-refractivity contribution is 7.21. The number of pyridine rings is 1. The third kappa shape index (κ3) is 4.27. The minimum Gasteiger partial charge on any atom is -0.372 e. The van der Waals surface area contributed by atoms with Crippen LogP contribution in [-0.4, -0.2) is 30.5 Å². The van der Waals surface area contributed by atoms with Gasteiger partial charge in [-0.1, -0.05) is 41.9 Å². The summed E-state index contributed by atoms with van der Waals surface area (Å²) in [6.45, 7) is 6.72. The highest BCUT2D eigenvalue weighted by Gasteiger charge is 2.15. The van der Waals surface area contributed by atoms with Gasteiger partial charge in [0.25, 0.3) is 5.91 Å². The van der Waals surface area contributed by atoms with Gasteiger partial charge in [0, 0.05) is 40.8 Å². The largest absolute Gasteiger partial charge is 0.372 e. The average Bonchev–Trinajstić information content (AvgIpc) is 3.20. The molecule has 0 unspecified atom stereocenters. The summed E-state index contributed by atoms with van der Waals surface area (Å²) in [4.78, 5) is 20.2. The number of aromatic nitrogens is 1. The number of thiophene rings is 1. The van der Waals surface area contributed by atoms with Crippen LogP contribution < -0.4 is 10.2 Å². The van der Waals surface area contributed by atoms with Gasteiger partial charge in [0.1, 0.15) is 5.15 Å². The Morgan fingerprint density at radius 1 is 1.13 bits per heavy atom. The van der Waals surface area contributed by atoms with E-state index in [2.05, 4.69) is 53.3 Å². The first-order valence-electron chi connectivity index (χ1n) is 10.1. The highest BCUT2D eigenvalue weighted by Crippen LogP contribution is 2.35. The molecule has 4 aromatic rings. The van der Waals surface area contributed by atoms with Crippen LogP contribution in [0.15, 0.2) is 54.6 Å². The zero-order valence-corrected chi connectivity index (χ0v) is 18.7. The number of para-hydroxylation sites is 1. The molecule has 2 heterocycles. The minimum atomic E-state index is -0.0602. The Labute approximate surface area is 185 Å². The molecule has 1 amide bonds. The Bertz CT molecular complexity index is 1200. The molecule has 0 saturated carbocycles. The second-order valence-electron chi connectivity index (χ2n) is 7.30. The van der Waals surface area contributed by atoms with Crippen molar-refractivity contribution in [3.8, 4) is 0 Å². The van der Waals surface area contributed by atoms with Crippen molar-refractivity contribution in [2.75, 3.05) is 24.5 Å². The molecule has 4 rings (SSSR count). The van der Waals surface area contributed by atoms with Crippen molar-refractivity contribution in [1.29, 1.82) is 0 Å². The molecule has 0 fully saturated rings. The summed E-state index contributed by atoms with van der Waals surface area (Å²) in [5.74, 6) is -0.0602. The fraction of sp³-hybridized carbons (Fsp3) is 0.250. The normalized spacial score (nSPS) is 11.2. The first-order chi connectivity index (χ1) is 14.6. The molecule has 30 heavy (non-hydrogen) atoms. The number of anilines is 1. The molecule has 0 aliphatic heterocycles. The average molecular weight is 438 g/mol. The number of nitrogens with zero attached hydrogens (tertiary/aromatic N) is 2. The van der Waals surface area contributed by atoms with Crippen LogP contribution in [-0.2, 0) is 0 Å². The fourth-order valence-electron chi connectivity index (χ4n) is 3.64. The number of halogens is 1. The van der Waals surface area contributed by atoms with Crippen molar-refractivity contribution in [2.45, 2.75) is 20.3 Å².